The van der Waals surface area contributed by atoms with Crippen molar-refractivity contribution in [1.29, 1.82) is 0 Å². The van der Waals surface area contributed by atoms with Crippen LogP contribution in [0.2, 0.25) is 0 Å². The van der Waals surface area contributed by atoms with Crippen molar-refractivity contribution in [3.63, 3.8) is 0 Å². The Bertz CT molecular complexity index is 721. The van der Waals surface area contributed by atoms with Crippen LogP contribution in [0.4, 0.5) is 0 Å². The molecule has 12 heteroatoms. The van der Waals surface area contributed by atoms with Gasteiger partial charge in [0.2, 0.25) is 0 Å². The van der Waals surface area contributed by atoms with Gasteiger partial charge in [-0.1, -0.05) is 13.8 Å². The van der Waals surface area contributed by atoms with Crippen molar-refractivity contribution < 1.29 is 52.2 Å². The van der Waals surface area contributed by atoms with Gasteiger partial charge in [-0.25, -0.2) is 0 Å². The molecular formula is C30H53NO11. The van der Waals surface area contributed by atoms with Gasteiger partial charge in [-0.15, -0.1) is 0 Å². The average Bonchev–Trinajstić information content (AvgIpc) is 2.98. The van der Waals surface area contributed by atoms with E-state index in [1.165, 1.54) is 0 Å². The fraction of sp³-hybridized carbons (Fsp3) is 0.767. The van der Waals surface area contributed by atoms with E-state index < -0.39 is 0 Å². The second kappa shape index (κ2) is 27.8. The molecule has 244 valence electrons. The number of carbonyl (C=O) groups excluding carboxylic acids is 1. The van der Waals surface area contributed by atoms with E-state index in [2.05, 4.69) is 19.2 Å². The Morgan fingerprint density at radius 2 is 0.929 bits per heavy atom. The highest BCUT2D eigenvalue weighted by Crippen LogP contribution is 2.23. The third kappa shape index (κ3) is 22.6. The first-order valence-corrected chi connectivity index (χ1v) is 14.7. The number of ether oxygens (including phenoxy) is 10. The van der Waals surface area contributed by atoms with Crippen molar-refractivity contribution in [3.05, 3.63) is 23.8 Å². The van der Waals surface area contributed by atoms with E-state index in [0.717, 1.165) is 6.42 Å². The standard InChI is InChI=1S/C30H53NO11/c1-26(2)5-6-31-30(32)27-23-28(41-21-19-39-17-15-37-13-11-35-9-7-33-3)25-29(24-27)42-22-20-40-18-16-38-14-12-36-10-8-34-4/h23-26H,5-22H2,1-4H3,(H,31,32). The first kappa shape index (κ1) is 38.0. The number of hydrogen-bond donors (Lipinski definition) is 1. The number of nitrogens with one attached hydrogen (secondary N) is 1. The maximum absolute atomic E-state index is 12.8. The zero-order chi connectivity index (χ0) is 30.5. The van der Waals surface area contributed by atoms with Gasteiger partial charge in [0.15, 0.2) is 0 Å². The fourth-order valence-corrected chi connectivity index (χ4v) is 3.25. The van der Waals surface area contributed by atoms with Crippen LogP contribution in [0.25, 0.3) is 0 Å². The van der Waals surface area contributed by atoms with E-state index in [9.17, 15) is 4.79 Å². The largest absolute Gasteiger partial charge is 0.491 e. The van der Waals surface area contributed by atoms with E-state index in [1.807, 2.05) is 0 Å². The van der Waals surface area contributed by atoms with Gasteiger partial charge in [0.25, 0.3) is 5.91 Å². The molecule has 1 rings (SSSR count). The smallest absolute Gasteiger partial charge is 0.251 e. The summed E-state index contributed by atoms with van der Waals surface area (Å²) in [6.45, 7) is 12.3. The number of hydrogen-bond acceptors (Lipinski definition) is 11. The summed E-state index contributed by atoms with van der Waals surface area (Å²) < 4.78 is 54.3. The second-order valence-electron chi connectivity index (χ2n) is 9.49. The van der Waals surface area contributed by atoms with Gasteiger partial charge in [-0.05, 0) is 24.5 Å². The normalized spacial score (nSPS) is 11.3. The molecule has 0 spiro atoms. The molecule has 0 aliphatic heterocycles. The Kier molecular flexibility index (Phi) is 25.1. The molecule has 42 heavy (non-hydrogen) atoms. The van der Waals surface area contributed by atoms with E-state index in [-0.39, 0.29) is 5.91 Å². The molecule has 0 unspecified atom stereocenters. The zero-order valence-electron chi connectivity index (χ0n) is 26.0. The Hall–Kier alpha value is -2.03. The van der Waals surface area contributed by atoms with Gasteiger partial charge in [0.05, 0.1) is 92.5 Å². The Labute approximate surface area is 251 Å². The first-order chi connectivity index (χ1) is 20.6. The van der Waals surface area contributed by atoms with Gasteiger partial charge in [-0.3, -0.25) is 4.79 Å². The summed E-state index contributed by atoms with van der Waals surface area (Å²) in [7, 11) is 3.27. The Morgan fingerprint density at radius 1 is 0.571 bits per heavy atom. The lowest BCUT2D eigenvalue weighted by Gasteiger charge is -2.13. The van der Waals surface area contributed by atoms with Crippen LogP contribution in [-0.2, 0) is 37.9 Å². The zero-order valence-corrected chi connectivity index (χ0v) is 26.0. The van der Waals surface area contributed by atoms with Gasteiger partial charge in [0, 0.05) is 32.4 Å². The minimum Gasteiger partial charge on any atom is -0.491 e. The molecule has 0 aliphatic carbocycles. The van der Waals surface area contributed by atoms with E-state index in [1.54, 1.807) is 32.4 Å². The van der Waals surface area contributed by atoms with Crippen LogP contribution in [0.15, 0.2) is 18.2 Å². The molecule has 0 saturated carbocycles. The lowest BCUT2D eigenvalue weighted by molar-refractivity contribution is -0.000105. The van der Waals surface area contributed by atoms with Crippen molar-refractivity contribution in [2.24, 2.45) is 5.92 Å². The number of carbonyl (C=O) groups is 1. The Balaban J connectivity index is 2.37. The number of methoxy groups -OCH3 is 2. The average molecular weight is 604 g/mol. The molecule has 0 aromatic heterocycles. The molecule has 0 atom stereocenters. The predicted molar refractivity (Wildman–Crippen MR) is 158 cm³/mol. The SMILES string of the molecule is COCCOCCOCCOCCOc1cc(OCCOCCOCCOCCOC)cc(C(=O)NCCC(C)C)c1. The van der Waals surface area contributed by atoms with Crippen molar-refractivity contribution in [2.75, 3.05) is 126 Å². The highest BCUT2D eigenvalue weighted by Gasteiger charge is 2.11. The van der Waals surface area contributed by atoms with Crippen molar-refractivity contribution in [1.82, 2.24) is 5.32 Å². The molecule has 0 saturated heterocycles. The maximum atomic E-state index is 12.8. The van der Waals surface area contributed by atoms with Crippen molar-refractivity contribution in [3.8, 4) is 11.5 Å². The molecule has 0 fully saturated rings. The van der Waals surface area contributed by atoms with Crippen LogP contribution in [0.5, 0.6) is 11.5 Å². The molecular weight excluding hydrogens is 550 g/mol. The third-order valence-electron chi connectivity index (χ3n) is 5.49. The van der Waals surface area contributed by atoms with E-state index in [0.29, 0.717) is 135 Å². The Morgan fingerprint density at radius 3 is 1.29 bits per heavy atom. The van der Waals surface area contributed by atoms with Crippen LogP contribution in [0.3, 0.4) is 0 Å². The molecule has 1 N–H and O–H groups in total. The summed E-state index contributed by atoms with van der Waals surface area (Å²) in [6.07, 6.45) is 0.898. The fourth-order valence-electron chi connectivity index (χ4n) is 3.25. The highest BCUT2D eigenvalue weighted by molar-refractivity contribution is 5.95. The monoisotopic (exact) mass is 603 g/mol. The van der Waals surface area contributed by atoms with Crippen molar-refractivity contribution in [2.45, 2.75) is 20.3 Å². The van der Waals surface area contributed by atoms with Gasteiger partial charge in [-0.2, -0.15) is 0 Å². The minimum absolute atomic E-state index is 0.176. The number of rotatable bonds is 30. The highest BCUT2D eigenvalue weighted by atomic mass is 16.6. The maximum Gasteiger partial charge on any atom is 0.251 e. The van der Waals surface area contributed by atoms with Gasteiger partial charge in [0.1, 0.15) is 24.7 Å². The van der Waals surface area contributed by atoms with Gasteiger partial charge >= 0.3 is 0 Å². The van der Waals surface area contributed by atoms with Crippen LogP contribution in [-0.4, -0.2) is 132 Å². The minimum atomic E-state index is -0.176. The summed E-state index contributed by atoms with van der Waals surface area (Å²) in [5.41, 5.74) is 0.468. The van der Waals surface area contributed by atoms with Crippen LogP contribution >= 0.6 is 0 Å². The molecule has 1 aromatic rings. The number of benzene rings is 1. The van der Waals surface area contributed by atoms with Crippen LogP contribution < -0.4 is 14.8 Å². The predicted octanol–water partition coefficient (Wildman–Crippen LogP) is 2.61. The molecule has 0 heterocycles. The summed E-state index contributed by atoms with van der Waals surface area (Å²) in [6, 6.07) is 5.17. The van der Waals surface area contributed by atoms with E-state index >= 15 is 0 Å². The summed E-state index contributed by atoms with van der Waals surface area (Å²) in [4.78, 5) is 12.8. The molecule has 0 bridgehead atoms. The molecule has 12 nitrogen and oxygen atoms in total. The summed E-state index contributed by atoms with van der Waals surface area (Å²) >= 11 is 0. The molecule has 1 amide bonds. The lowest BCUT2D eigenvalue weighted by Crippen LogP contribution is -2.25. The summed E-state index contributed by atoms with van der Waals surface area (Å²) in [5, 5.41) is 2.96. The second-order valence-corrected chi connectivity index (χ2v) is 9.49. The third-order valence-corrected chi connectivity index (χ3v) is 5.49. The van der Waals surface area contributed by atoms with Gasteiger partial charge < -0.3 is 52.7 Å². The quantitative estimate of drug-likeness (QED) is 0.131. The first-order valence-electron chi connectivity index (χ1n) is 14.7. The number of amides is 1. The molecule has 0 aliphatic rings. The topological polar surface area (TPSA) is 121 Å². The van der Waals surface area contributed by atoms with Crippen LogP contribution in [0.1, 0.15) is 30.6 Å². The molecule has 1 aromatic carbocycles. The van der Waals surface area contributed by atoms with E-state index in [4.69, 9.17) is 47.4 Å². The van der Waals surface area contributed by atoms with Crippen molar-refractivity contribution >= 4 is 5.91 Å². The summed E-state index contributed by atoms with van der Waals surface area (Å²) in [5.74, 6) is 1.37. The van der Waals surface area contributed by atoms with Crippen LogP contribution in [0, 0.1) is 5.92 Å². The lowest BCUT2D eigenvalue weighted by atomic mass is 10.1. The molecule has 0 radical (unpaired) electrons.